The van der Waals surface area contributed by atoms with Crippen molar-refractivity contribution in [2.24, 2.45) is 0 Å². The fourth-order valence-corrected chi connectivity index (χ4v) is 4.82. The van der Waals surface area contributed by atoms with Gasteiger partial charge >= 0.3 is 12.4 Å². The van der Waals surface area contributed by atoms with E-state index in [1.807, 2.05) is 12.1 Å². The van der Waals surface area contributed by atoms with Crippen LogP contribution in [0.2, 0.25) is 0 Å². The molecule has 4 rings (SSSR count). The summed E-state index contributed by atoms with van der Waals surface area (Å²) in [7, 11) is 0. The normalized spacial score (nSPS) is 20.0. The molecule has 1 unspecified atom stereocenters. The van der Waals surface area contributed by atoms with Gasteiger partial charge in [-0.25, -0.2) is 0 Å². The summed E-state index contributed by atoms with van der Waals surface area (Å²) in [6.45, 7) is 4.94. The molecule has 9 heteroatoms. The predicted molar refractivity (Wildman–Crippen MR) is 112 cm³/mol. The molecule has 0 amide bonds. The van der Waals surface area contributed by atoms with Crippen molar-refractivity contribution in [2.75, 3.05) is 32.8 Å². The fraction of sp³-hybridized carbons (Fsp3) is 0.500. The molecule has 0 bridgehead atoms. The smallest absolute Gasteiger partial charge is 0.372 e. The summed E-state index contributed by atoms with van der Waals surface area (Å²) in [4.78, 5) is 2.34. The van der Waals surface area contributed by atoms with Crippen molar-refractivity contribution in [1.29, 1.82) is 0 Å². The van der Waals surface area contributed by atoms with Gasteiger partial charge in [0.1, 0.15) is 0 Å². The van der Waals surface area contributed by atoms with E-state index in [0.29, 0.717) is 0 Å². The highest BCUT2D eigenvalue weighted by Gasteiger charge is 2.43. The molecule has 0 spiro atoms. The molecule has 1 saturated heterocycles. The summed E-state index contributed by atoms with van der Waals surface area (Å²) >= 11 is 0. The number of fused-ring (bicyclic) bond motifs is 1. The first-order valence-corrected chi connectivity index (χ1v) is 10.9. The van der Waals surface area contributed by atoms with Gasteiger partial charge in [-0.15, -0.1) is 0 Å². The lowest BCUT2D eigenvalue weighted by molar-refractivity contribution is -0.143. The van der Waals surface area contributed by atoms with Crippen LogP contribution in [0, 0.1) is 0 Å². The molecule has 1 aliphatic carbocycles. The lowest BCUT2D eigenvalue weighted by Crippen LogP contribution is -2.59. The number of piperazine rings is 1. The third-order valence-electron chi connectivity index (χ3n) is 6.63. The molecule has 0 aromatic heterocycles. The first kappa shape index (κ1) is 24.0. The Morgan fingerprint density at radius 1 is 0.909 bits per heavy atom. The van der Waals surface area contributed by atoms with Crippen molar-refractivity contribution in [3.8, 4) is 0 Å². The summed E-state index contributed by atoms with van der Waals surface area (Å²) < 4.78 is 85.6. The van der Waals surface area contributed by atoms with E-state index in [0.717, 1.165) is 51.2 Å². The van der Waals surface area contributed by atoms with Crippen LogP contribution in [0.15, 0.2) is 42.5 Å². The van der Waals surface area contributed by atoms with Crippen LogP contribution >= 0.6 is 0 Å². The van der Waals surface area contributed by atoms with E-state index in [2.05, 4.69) is 22.3 Å². The molecule has 33 heavy (non-hydrogen) atoms. The molecule has 1 aliphatic heterocycles. The average Bonchev–Trinajstić information content (AvgIpc) is 3.16. The minimum absolute atomic E-state index is 0.136. The van der Waals surface area contributed by atoms with Crippen molar-refractivity contribution in [1.82, 2.24) is 10.2 Å². The SMILES string of the molecule is CC(OCC1(N2CCNCC2)Cc2ccccc2C1)c1cc(C(F)(F)F)cc(C(F)(F)F)c1. The number of alkyl halides is 6. The van der Waals surface area contributed by atoms with Crippen LogP contribution in [0.25, 0.3) is 0 Å². The van der Waals surface area contributed by atoms with E-state index in [4.69, 9.17) is 4.74 Å². The highest BCUT2D eigenvalue weighted by molar-refractivity contribution is 5.37. The first-order valence-electron chi connectivity index (χ1n) is 10.9. The van der Waals surface area contributed by atoms with Crippen molar-refractivity contribution >= 4 is 0 Å². The molecule has 2 aromatic carbocycles. The molecule has 1 heterocycles. The van der Waals surface area contributed by atoms with Crippen molar-refractivity contribution in [3.05, 3.63) is 70.3 Å². The number of nitrogens with zero attached hydrogens (tertiary/aromatic N) is 1. The molecule has 3 nitrogen and oxygen atoms in total. The highest BCUT2D eigenvalue weighted by Crippen LogP contribution is 2.39. The molecular weight excluding hydrogens is 446 g/mol. The number of hydrogen-bond acceptors (Lipinski definition) is 3. The molecule has 1 fully saturated rings. The monoisotopic (exact) mass is 472 g/mol. The standard InChI is InChI=1S/C24H26F6N2O/c1-16(19-10-20(23(25,26)27)12-21(11-19)24(28,29)30)33-15-22(32-8-6-31-7-9-32)13-17-4-2-3-5-18(17)14-22/h2-5,10-12,16,31H,6-9,13-15H2,1H3. The summed E-state index contributed by atoms with van der Waals surface area (Å²) in [6, 6.07) is 9.71. The van der Waals surface area contributed by atoms with Crippen molar-refractivity contribution < 1.29 is 31.1 Å². The maximum Gasteiger partial charge on any atom is 0.416 e. The predicted octanol–water partition coefficient (Wildman–Crippen LogP) is 5.24. The fourth-order valence-electron chi connectivity index (χ4n) is 4.82. The maximum absolute atomic E-state index is 13.3. The summed E-state index contributed by atoms with van der Waals surface area (Å²) in [5.41, 5.74) is -0.769. The minimum atomic E-state index is -4.88. The Labute approximate surface area is 188 Å². The molecule has 1 atom stereocenters. The van der Waals surface area contributed by atoms with Gasteiger partial charge in [-0.1, -0.05) is 24.3 Å². The Bertz CT molecular complexity index is 924. The number of hydrogen-bond donors (Lipinski definition) is 1. The second kappa shape index (κ2) is 8.92. The van der Waals surface area contributed by atoms with E-state index in [1.54, 1.807) is 0 Å². The van der Waals surface area contributed by atoms with Gasteiger partial charge in [-0.05, 0) is 54.7 Å². The summed E-state index contributed by atoms with van der Waals surface area (Å²) in [5, 5.41) is 3.31. The average molecular weight is 472 g/mol. The largest absolute Gasteiger partial charge is 0.416 e. The second-order valence-corrected chi connectivity index (χ2v) is 8.88. The van der Waals surface area contributed by atoms with Crippen LogP contribution in [0.3, 0.4) is 0 Å². The number of rotatable bonds is 5. The van der Waals surface area contributed by atoms with Crippen LogP contribution in [-0.2, 0) is 29.9 Å². The minimum Gasteiger partial charge on any atom is -0.372 e. The zero-order valence-electron chi connectivity index (χ0n) is 18.2. The van der Waals surface area contributed by atoms with E-state index in [1.165, 1.54) is 18.1 Å². The number of nitrogens with one attached hydrogen (secondary N) is 1. The third-order valence-corrected chi connectivity index (χ3v) is 6.63. The molecule has 0 saturated carbocycles. The molecule has 180 valence electrons. The summed E-state index contributed by atoms with van der Waals surface area (Å²) in [5.74, 6) is 0. The Morgan fingerprint density at radius 3 is 1.91 bits per heavy atom. The lowest BCUT2D eigenvalue weighted by atomic mass is 9.93. The Morgan fingerprint density at radius 2 is 1.42 bits per heavy atom. The van der Waals surface area contributed by atoms with E-state index in [9.17, 15) is 26.3 Å². The van der Waals surface area contributed by atoms with Gasteiger partial charge in [0.25, 0.3) is 0 Å². The van der Waals surface area contributed by atoms with Gasteiger partial charge in [0.2, 0.25) is 0 Å². The molecule has 2 aliphatic rings. The van der Waals surface area contributed by atoms with Gasteiger partial charge < -0.3 is 10.1 Å². The van der Waals surface area contributed by atoms with Gasteiger partial charge in [0.05, 0.1) is 29.4 Å². The Hall–Kier alpha value is -2.10. The first-order chi connectivity index (χ1) is 15.5. The topological polar surface area (TPSA) is 24.5 Å². The molecule has 1 N–H and O–H groups in total. The highest BCUT2D eigenvalue weighted by atomic mass is 19.4. The Balaban J connectivity index is 1.59. The third kappa shape index (κ3) is 5.20. The molecule has 2 aromatic rings. The molecule has 0 radical (unpaired) electrons. The van der Waals surface area contributed by atoms with Crippen LogP contribution in [0.1, 0.15) is 40.8 Å². The van der Waals surface area contributed by atoms with Gasteiger partial charge in [-0.2, -0.15) is 26.3 Å². The number of ether oxygens (including phenoxy) is 1. The lowest BCUT2D eigenvalue weighted by Gasteiger charge is -2.44. The second-order valence-electron chi connectivity index (χ2n) is 8.88. The number of benzene rings is 2. The van der Waals surface area contributed by atoms with Crippen LogP contribution in [0.4, 0.5) is 26.3 Å². The quantitative estimate of drug-likeness (QED) is 0.602. The Kier molecular flexibility index (Phi) is 6.50. The molecular formula is C24H26F6N2O. The van der Waals surface area contributed by atoms with Crippen molar-refractivity contribution in [3.63, 3.8) is 0 Å². The maximum atomic E-state index is 13.3. The zero-order chi connectivity index (χ0) is 23.9. The van der Waals surface area contributed by atoms with Crippen molar-refractivity contribution in [2.45, 2.75) is 43.8 Å². The summed E-state index contributed by atoms with van der Waals surface area (Å²) in [6.07, 6.45) is -9.24. The van der Waals surface area contributed by atoms with Crippen LogP contribution < -0.4 is 5.32 Å². The van der Waals surface area contributed by atoms with E-state index < -0.39 is 29.6 Å². The van der Waals surface area contributed by atoms with Gasteiger partial charge in [0.15, 0.2) is 0 Å². The van der Waals surface area contributed by atoms with Crippen LogP contribution in [0.5, 0.6) is 0 Å². The zero-order valence-corrected chi connectivity index (χ0v) is 18.2. The number of halogens is 6. The van der Waals surface area contributed by atoms with E-state index >= 15 is 0 Å². The van der Waals surface area contributed by atoms with E-state index in [-0.39, 0.29) is 23.8 Å². The van der Waals surface area contributed by atoms with Gasteiger partial charge in [-0.3, -0.25) is 4.90 Å². The van der Waals surface area contributed by atoms with Crippen LogP contribution in [-0.4, -0.2) is 43.2 Å². The van der Waals surface area contributed by atoms with Gasteiger partial charge in [0, 0.05) is 26.2 Å².